The van der Waals surface area contributed by atoms with E-state index in [4.69, 9.17) is 0 Å². The Morgan fingerprint density at radius 2 is 2.12 bits per heavy atom. The van der Waals surface area contributed by atoms with E-state index in [0.717, 1.165) is 11.5 Å². The van der Waals surface area contributed by atoms with Crippen LogP contribution in [0.1, 0.15) is 37.8 Å². The molecule has 1 fully saturated rings. The lowest BCUT2D eigenvalue weighted by Gasteiger charge is -2.10. The van der Waals surface area contributed by atoms with Crippen LogP contribution < -0.4 is 10.6 Å². The van der Waals surface area contributed by atoms with Gasteiger partial charge in [0.1, 0.15) is 12.1 Å². The average molecular weight is 328 g/mol. The summed E-state index contributed by atoms with van der Waals surface area (Å²) in [5.41, 5.74) is 0.938. The number of hydrogen-bond donors (Lipinski definition) is 2. The summed E-state index contributed by atoms with van der Waals surface area (Å²) < 4.78 is 1.71. The Morgan fingerprint density at radius 3 is 2.88 bits per heavy atom. The van der Waals surface area contributed by atoms with E-state index in [9.17, 15) is 4.79 Å². The number of nitrogens with zero attached hydrogens (tertiary/aromatic N) is 4. The SMILES string of the molecule is Cc1ccn(-c2cc(NCCNC(=O)CC3CCCC3)ncn2)n1. The molecular formula is C17H24N6O. The number of carbonyl (C=O) groups excluding carboxylic acids is 1. The van der Waals surface area contributed by atoms with Crippen molar-refractivity contribution in [1.82, 2.24) is 25.1 Å². The Labute approximate surface area is 141 Å². The summed E-state index contributed by atoms with van der Waals surface area (Å²) in [5, 5.41) is 10.5. The monoisotopic (exact) mass is 328 g/mol. The van der Waals surface area contributed by atoms with Crippen LogP contribution in [0.3, 0.4) is 0 Å². The Morgan fingerprint density at radius 1 is 1.29 bits per heavy atom. The van der Waals surface area contributed by atoms with Crippen LogP contribution in [-0.2, 0) is 4.79 Å². The van der Waals surface area contributed by atoms with Gasteiger partial charge < -0.3 is 10.6 Å². The lowest BCUT2D eigenvalue weighted by Crippen LogP contribution is -2.30. The van der Waals surface area contributed by atoms with Crippen LogP contribution in [0.2, 0.25) is 0 Å². The van der Waals surface area contributed by atoms with E-state index in [1.165, 1.54) is 32.0 Å². The number of aromatic nitrogens is 4. The van der Waals surface area contributed by atoms with Crippen LogP contribution in [0.15, 0.2) is 24.7 Å². The second-order valence-corrected chi connectivity index (χ2v) is 6.29. The average Bonchev–Trinajstić information content (AvgIpc) is 3.23. The molecule has 0 spiro atoms. The van der Waals surface area contributed by atoms with Gasteiger partial charge in [-0.15, -0.1) is 0 Å². The van der Waals surface area contributed by atoms with Gasteiger partial charge in [0.2, 0.25) is 5.91 Å². The number of aryl methyl sites for hydroxylation is 1. The van der Waals surface area contributed by atoms with Gasteiger partial charge in [-0.25, -0.2) is 14.6 Å². The molecule has 0 bridgehead atoms. The largest absolute Gasteiger partial charge is 0.368 e. The second kappa shape index (κ2) is 7.90. The fourth-order valence-electron chi connectivity index (χ4n) is 3.05. The Balaban J connectivity index is 1.42. The van der Waals surface area contributed by atoms with Gasteiger partial charge in [0.25, 0.3) is 0 Å². The maximum atomic E-state index is 11.9. The zero-order valence-electron chi connectivity index (χ0n) is 14.0. The number of nitrogens with one attached hydrogen (secondary N) is 2. The second-order valence-electron chi connectivity index (χ2n) is 6.29. The quantitative estimate of drug-likeness (QED) is 0.760. The van der Waals surface area contributed by atoms with Gasteiger partial charge in [-0.1, -0.05) is 12.8 Å². The Hall–Kier alpha value is -2.44. The van der Waals surface area contributed by atoms with Gasteiger partial charge in [0.05, 0.1) is 5.69 Å². The van der Waals surface area contributed by atoms with Crippen molar-refractivity contribution in [3.8, 4) is 5.82 Å². The zero-order valence-corrected chi connectivity index (χ0v) is 14.0. The maximum absolute atomic E-state index is 11.9. The highest BCUT2D eigenvalue weighted by molar-refractivity contribution is 5.76. The topological polar surface area (TPSA) is 84.7 Å². The molecule has 0 aromatic carbocycles. The van der Waals surface area contributed by atoms with Gasteiger partial charge in [-0.2, -0.15) is 5.10 Å². The van der Waals surface area contributed by atoms with Crippen molar-refractivity contribution in [3.05, 3.63) is 30.4 Å². The third kappa shape index (κ3) is 4.53. The van der Waals surface area contributed by atoms with Crippen molar-refractivity contribution in [3.63, 3.8) is 0 Å². The summed E-state index contributed by atoms with van der Waals surface area (Å²) in [6, 6.07) is 3.77. The number of amides is 1. The smallest absolute Gasteiger partial charge is 0.220 e. The third-order valence-electron chi connectivity index (χ3n) is 4.31. The highest BCUT2D eigenvalue weighted by Gasteiger charge is 2.17. The maximum Gasteiger partial charge on any atom is 0.220 e. The lowest BCUT2D eigenvalue weighted by molar-refractivity contribution is -0.121. The van der Waals surface area contributed by atoms with Crippen molar-refractivity contribution in [2.75, 3.05) is 18.4 Å². The molecule has 2 aromatic rings. The van der Waals surface area contributed by atoms with E-state index < -0.39 is 0 Å². The van der Waals surface area contributed by atoms with Gasteiger partial charge in [-0.3, -0.25) is 4.79 Å². The molecule has 2 aromatic heterocycles. The standard InChI is InChI=1S/C17H24N6O/c1-13-6-9-23(22-13)16-11-15(20-12-21-16)18-7-8-19-17(24)10-14-4-2-3-5-14/h6,9,11-12,14H,2-5,7-8,10H2,1H3,(H,19,24)(H,18,20,21). The number of carbonyl (C=O) groups is 1. The van der Waals surface area contributed by atoms with Gasteiger partial charge in [0, 0.05) is 31.8 Å². The molecule has 1 aliphatic rings. The molecule has 3 rings (SSSR count). The summed E-state index contributed by atoms with van der Waals surface area (Å²) in [4.78, 5) is 20.3. The van der Waals surface area contributed by atoms with Crippen LogP contribution in [0.25, 0.3) is 5.82 Å². The molecule has 24 heavy (non-hydrogen) atoms. The normalized spacial score (nSPS) is 14.7. The summed E-state index contributed by atoms with van der Waals surface area (Å²) >= 11 is 0. The summed E-state index contributed by atoms with van der Waals surface area (Å²) in [7, 11) is 0. The zero-order chi connectivity index (χ0) is 16.8. The van der Waals surface area contributed by atoms with Crippen LogP contribution in [0.4, 0.5) is 5.82 Å². The minimum atomic E-state index is 0.152. The van der Waals surface area contributed by atoms with Crippen molar-refractivity contribution in [2.45, 2.75) is 39.0 Å². The third-order valence-corrected chi connectivity index (χ3v) is 4.31. The highest BCUT2D eigenvalue weighted by Crippen LogP contribution is 2.27. The molecule has 0 aliphatic heterocycles. The van der Waals surface area contributed by atoms with Crippen LogP contribution in [0, 0.1) is 12.8 Å². The number of anilines is 1. The molecule has 1 amide bonds. The fourth-order valence-corrected chi connectivity index (χ4v) is 3.05. The van der Waals surface area contributed by atoms with Gasteiger partial charge in [0.15, 0.2) is 5.82 Å². The summed E-state index contributed by atoms with van der Waals surface area (Å²) in [6.07, 6.45) is 8.97. The minimum Gasteiger partial charge on any atom is -0.368 e. The van der Waals surface area contributed by atoms with E-state index in [1.54, 1.807) is 4.68 Å². The first-order valence-electron chi connectivity index (χ1n) is 8.56. The van der Waals surface area contributed by atoms with Crippen molar-refractivity contribution in [1.29, 1.82) is 0 Å². The molecule has 7 nitrogen and oxygen atoms in total. The van der Waals surface area contributed by atoms with Crippen molar-refractivity contribution >= 4 is 11.7 Å². The molecule has 1 saturated carbocycles. The van der Waals surface area contributed by atoms with Crippen LogP contribution in [0.5, 0.6) is 0 Å². The fraction of sp³-hybridized carbons (Fsp3) is 0.529. The molecule has 2 N–H and O–H groups in total. The number of hydrogen-bond acceptors (Lipinski definition) is 5. The van der Waals surface area contributed by atoms with E-state index in [1.807, 2.05) is 25.3 Å². The Kier molecular flexibility index (Phi) is 5.40. The van der Waals surface area contributed by atoms with E-state index in [-0.39, 0.29) is 5.91 Å². The van der Waals surface area contributed by atoms with Crippen molar-refractivity contribution in [2.24, 2.45) is 5.92 Å². The Bertz CT molecular complexity index is 677. The first-order chi connectivity index (χ1) is 11.7. The summed E-state index contributed by atoms with van der Waals surface area (Å²) in [6.45, 7) is 3.15. The minimum absolute atomic E-state index is 0.152. The molecule has 0 radical (unpaired) electrons. The molecule has 0 atom stereocenters. The molecule has 2 heterocycles. The molecule has 1 aliphatic carbocycles. The van der Waals surface area contributed by atoms with Gasteiger partial charge >= 0.3 is 0 Å². The molecule has 7 heteroatoms. The van der Waals surface area contributed by atoms with Crippen LogP contribution in [-0.4, -0.2) is 38.7 Å². The first kappa shape index (κ1) is 16.4. The molecule has 0 saturated heterocycles. The van der Waals surface area contributed by atoms with Crippen LogP contribution >= 0.6 is 0 Å². The summed E-state index contributed by atoms with van der Waals surface area (Å²) in [5.74, 6) is 2.17. The van der Waals surface area contributed by atoms with Gasteiger partial charge in [-0.05, 0) is 31.7 Å². The van der Waals surface area contributed by atoms with E-state index in [2.05, 4.69) is 25.7 Å². The highest BCUT2D eigenvalue weighted by atomic mass is 16.1. The molecule has 0 unspecified atom stereocenters. The molecule has 128 valence electrons. The molecular weight excluding hydrogens is 304 g/mol. The predicted octanol–water partition coefficient (Wildman–Crippen LogP) is 2.08. The van der Waals surface area contributed by atoms with E-state index >= 15 is 0 Å². The van der Waals surface area contributed by atoms with Crippen molar-refractivity contribution < 1.29 is 4.79 Å². The predicted molar refractivity (Wildman–Crippen MR) is 92.0 cm³/mol. The lowest BCUT2D eigenvalue weighted by atomic mass is 10.0. The number of rotatable bonds is 7. The van der Waals surface area contributed by atoms with E-state index in [0.29, 0.717) is 31.2 Å². The first-order valence-corrected chi connectivity index (χ1v) is 8.56.